The molecule has 0 fully saturated rings. The van der Waals surface area contributed by atoms with E-state index in [-0.39, 0.29) is 11.9 Å². The van der Waals surface area contributed by atoms with Gasteiger partial charge in [-0.1, -0.05) is 155 Å². The maximum atomic E-state index is 11.8. The normalized spacial score (nSPS) is 11.1. The molecule has 0 saturated heterocycles. The number of nitrogens with one attached hydrogen (secondary N) is 1. The van der Waals surface area contributed by atoms with Gasteiger partial charge >= 0.3 is 11.9 Å². The Bertz CT molecular complexity index is 467. The van der Waals surface area contributed by atoms with E-state index in [1.807, 2.05) is 0 Å². The third kappa shape index (κ3) is 33.0. The van der Waals surface area contributed by atoms with Gasteiger partial charge in [0, 0.05) is 25.9 Å². The largest absolute Gasteiger partial charge is 0.464 e. The molecule has 0 aliphatic heterocycles. The number of hydrogen-bond donors (Lipinski definition) is 1. The Morgan fingerprint density at radius 2 is 0.667 bits per heavy atom. The quantitative estimate of drug-likeness (QED) is 0.0663. The van der Waals surface area contributed by atoms with E-state index in [0.717, 1.165) is 25.7 Å². The van der Waals surface area contributed by atoms with Crippen molar-refractivity contribution in [3.8, 4) is 0 Å². The van der Waals surface area contributed by atoms with Gasteiger partial charge in [-0.2, -0.15) is 0 Å². The van der Waals surface area contributed by atoms with E-state index in [1.54, 1.807) is 0 Å². The van der Waals surface area contributed by atoms with Gasteiger partial charge in [0.1, 0.15) is 13.2 Å². The molecule has 0 aromatic carbocycles. The molecule has 0 spiro atoms. The minimum absolute atomic E-state index is 0.0993. The second-order valence-electron chi connectivity index (χ2n) is 11.5. The number of rotatable bonds is 32. The lowest BCUT2D eigenvalue weighted by Gasteiger charge is -2.08. The van der Waals surface area contributed by atoms with Gasteiger partial charge < -0.3 is 14.8 Å². The Labute approximate surface area is 243 Å². The fraction of sp³-hybridized carbons (Fsp3) is 0.941. The predicted octanol–water partition coefficient (Wildman–Crippen LogP) is 9.84. The summed E-state index contributed by atoms with van der Waals surface area (Å²) >= 11 is 0. The zero-order chi connectivity index (χ0) is 28.5. The van der Waals surface area contributed by atoms with Crippen LogP contribution < -0.4 is 5.32 Å². The molecule has 0 saturated carbocycles. The molecule has 0 unspecified atom stereocenters. The van der Waals surface area contributed by atoms with Gasteiger partial charge in [-0.05, 0) is 12.8 Å². The molecule has 0 rings (SSSR count). The Morgan fingerprint density at radius 3 is 0.949 bits per heavy atom. The summed E-state index contributed by atoms with van der Waals surface area (Å²) in [6.07, 6.45) is 32.1. The van der Waals surface area contributed by atoms with Crippen LogP contribution in [-0.2, 0) is 19.1 Å². The third-order valence-electron chi connectivity index (χ3n) is 7.55. The highest BCUT2D eigenvalue weighted by molar-refractivity contribution is 5.69. The average Bonchev–Trinajstić information content (AvgIpc) is 2.93. The lowest BCUT2D eigenvalue weighted by atomic mass is 10.0. The fourth-order valence-corrected chi connectivity index (χ4v) is 4.96. The van der Waals surface area contributed by atoms with Crippen LogP contribution >= 0.6 is 0 Å². The van der Waals surface area contributed by atoms with Crippen LogP contribution in [0.3, 0.4) is 0 Å². The summed E-state index contributed by atoms with van der Waals surface area (Å²) < 4.78 is 10.6. The van der Waals surface area contributed by atoms with E-state index in [4.69, 9.17) is 9.47 Å². The first-order valence-electron chi connectivity index (χ1n) is 17.2. The van der Waals surface area contributed by atoms with Crippen LogP contribution in [-0.4, -0.2) is 38.2 Å². The summed E-state index contributed by atoms with van der Waals surface area (Å²) in [5.41, 5.74) is 0. The number of ether oxygens (including phenoxy) is 2. The number of esters is 2. The standard InChI is InChI=1S/C34H67NO4/c1-3-5-7-9-11-13-15-17-19-21-23-25-27-33(36)38-31-29-35-30-32-39-34(37)28-26-24-22-20-18-16-14-12-10-8-6-4-2/h35H,3-32H2,1-2H3. The molecule has 0 aromatic rings. The second-order valence-corrected chi connectivity index (χ2v) is 11.5. The summed E-state index contributed by atoms with van der Waals surface area (Å²) in [7, 11) is 0. The van der Waals surface area contributed by atoms with Gasteiger partial charge in [0.25, 0.3) is 0 Å². The Balaban J connectivity index is 3.25. The summed E-state index contributed by atoms with van der Waals surface area (Å²) in [6.45, 7) is 6.48. The molecule has 5 nitrogen and oxygen atoms in total. The number of unbranched alkanes of at least 4 members (excludes halogenated alkanes) is 22. The van der Waals surface area contributed by atoms with E-state index in [1.165, 1.54) is 128 Å². The Morgan fingerprint density at radius 1 is 0.410 bits per heavy atom. The molecule has 0 bridgehead atoms. The minimum Gasteiger partial charge on any atom is -0.464 e. The van der Waals surface area contributed by atoms with E-state index in [2.05, 4.69) is 19.2 Å². The maximum Gasteiger partial charge on any atom is 0.305 e. The highest BCUT2D eigenvalue weighted by Gasteiger charge is 2.04. The minimum atomic E-state index is -0.0993. The molecule has 1 N–H and O–H groups in total. The van der Waals surface area contributed by atoms with E-state index in [9.17, 15) is 9.59 Å². The monoisotopic (exact) mass is 554 g/mol. The van der Waals surface area contributed by atoms with Crippen molar-refractivity contribution in [3.05, 3.63) is 0 Å². The average molecular weight is 554 g/mol. The molecule has 0 radical (unpaired) electrons. The lowest BCUT2D eigenvalue weighted by Crippen LogP contribution is -2.26. The van der Waals surface area contributed by atoms with E-state index < -0.39 is 0 Å². The lowest BCUT2D eigenvalue weighted by molar-refractivity contribution is -0.143. The molecule has 0 aromatic heterocycles. The molecule has 0 aliphatic rings. The fourth-order valence-electron chi connectivity index (χ4n) is 4.96. The predicted molar refractivity (Wildman–Crippen MR) is 166 cm³/mol. The van der Waals surface area contributed by atoms with Crippen molar-refractivity contribution in [3.63, 3.8) is 0 Å². The SMILES string of the molecule is CCCCCCCCCCCCCCC(=O)OCCNCCOC(=O)CCCCCCCCCCCCCC. The maximum absolute atomic E-state index is 11.8. The topological polar surface area (TPSA) is 64.6 Å². The molecular formula is C34H67NO4. The molecule has 0 atom stereocenters. The molecule has 0 heterocycles. The molecule has 39 heavy (non-hydrogen) atoms. The molecular weight excluding hydrogens is 486 g/mol. The Kier molecular flexibility index (Phi) is 32.2. The zero-order valence-corrected chi connectivity index (χ0v) is 26.3. The second kappa shape index (κ2) is 33.1. The van der Waals surface area contributed by atoms with Crippen molar-refractivity contribution in [2.24, 2.45) is 0 Å². The molecule has 0 amide bonds. The smallest absolute Gasteiger partial charge is 0.305 e. The molecule has 232 valence electrons. The van der Waals surface area contributed by atoms with Gasteiger partial charge in [0.05, 0.1) is 0 Å². The van der Waals surface area contributed by atoms with E-state index >= 15 is 0 Å². The first-order chi connectivity index (χ1) is 19.2. The van der Waals surface area contributed by atoms with Gasteiger partial charge in [-0.25, -0.2) is 0 Å². The van der Waals surface area contributed by atoms with E-state index in [0.29, 0.717) is 39.1 Å². The van der Waals surface area contributed by atoms with Crippen molar-refractivity contribution >= 4 is 11.9 Å². The van der Waals surface area contributed by atoms with Gasteiger partial charge in [-0.15, -0.1) is 0 Å². The molecule has 0 aliphatic carbocycles. The summed E-state index contributed by atoms with van der Waals surface area (Å²) in [4.78, 5) is 23.7. The zero-order valence-electron chi connectivity index (χ0n) is 26.3. The van der Waals surface area contributed by atoms with Crippen LogP contribution in [0.1, 0.15) is 181 Å². The third-order valence-corrected chi connectivity index (χ3v) is 7.55. The van der Waals surface area contributed by atoms with Crippen molar-refractivity contribution in [2.75, 3.05) is 26.3 Å². The van der Waals surface area contributed by atoms with Crippen LogP contribution in [0, 0.1) is 0 Å². The Hall–Kier alpha value is -1.10. The molecule has 5 heteroatoms. The van der Waals surface area contributed by atoms with Gasteiger partial charge in [0.15, 0.2) is 0 Å². The van der Waals surface area contributed by atoms with Crippen LogP contribution in [0.2, 0.25) is 0 Å². The first-order valence-corrected chi connectivity index (χ1v) is 17.2. The first kappa shape index (κ1) is 37.9. The summed E-state index contributed by atoms with van der Waals surface area (Å²) in [6, 6.07) is 0. The number of carbonyl (C=O) groups excluding carboxylic acids is 2. The summed E-state index contributed by atoms with van der Waals surface area (Å²) in [5, 5.41) is 3.17. The van der Waals surface area contributed by atoms with Crippen molar-refractivity contribution in [1.29, 1.82) is 0 Å². The summed E-state index contributed by atoms with van der Waals surface area (Å²) in [5.74, 6) is -0.199. The van der Waals surface area contributed by atoms with Gasteiger partial charge in [-0.3, -0.25) is 9.59 Å². The van der Waals surface area contributed by atoms with Crippen LogP contribution in [0.15, 0.2) is 0 Å². The number of carbonyl (C=O) groups is 2. The van der Waals surface area contributed by atoms with Crippen molar-refractivity contribution < 1.29 is 19.1 Å². The number of hydrogen-bond acceptors (Lipinski definition) is 5. The highest BCUT2D eigenvalue weighted by atomic mass is 16.5. The van der Waals surface area contributed by atoms with Crippen molar-refractivity contribution in [2.45, 2.75) is 181 Å². The highest BCUT2D eigenvalue weighted by Crippen LogP contribution is 2.14. The van der Waals surface area contributed by atoms with Crippen LogP contribution in [0.25, 0.3) is 0 Å². The van der Waals surface area contributed by atoms with Crippen LogP contribution in [0.4, 0.5) is 0 Å². The van der Waals surface area contributed by atoms with Crippen LogP contribution in [0.5, 0.6) is 0 Å². The van der Waals surface area contributed by atoms with Gasteiger partial charge in [0.2, 0.25) is 0 Å². The van der Waals surface area contributed by atoms with Crippen molar-refractivity contribution in [1.82, 2.24) is 5.32 Å².